The Kier molecular flexibility index (Phi) is 4.20. The summed E-state index contributed by atoms with van der Waals surface area (Å²) in [6.07, 6.45) is 4.43. The molecule has 0 atom stereocenters. The van der Waals surface area contributed by atoms with Gasteiger partial charge in [0.25, 0.3) is 5.91 Å². The number of pyridine rings is 1. The Bertz CT molecular complexity index is 836. The van der Waals surface area contributed by atoms with Crippen molar-refractivity contribution in [3.8, 4) is 11.6 Å². The first-order valence-corrected chi connectivity index (χ1v) is 7.01. The summed E-state index contributed by atoms with van der Waals surface area (Å²) >= 11 is 6.12. The number of benzene rings is 1. The SMILES string of the molecule is COc1ccc(NC(=O)c2ccnc(-n3cncn3)c2)c(Cl)c1. The highest BCUT2D eigenvalue weighted by Gasteiger charge is 2.11. The molecule has 2 heterocycles. The van der Waals surface area contributed by atoms with E-state index in [2.05, 4.69) is 20.4 Å². The van der Waals surface area contributed by atoms with Gasteiger partial charge in [-0.15, -0.1) is 0 Å². The molecule has 0 saturated carbocycles. The van der Waals surface area contributed by atoms with Crippen LogP contribution in [-0.2, 0) is 0 Å². The zero-order chi connectivity index (χ0) is 16.2. The number of carbonyl (C=O) groups is 1. The van der Waals surface area contributed by atoms with Crippen LogP contribution in [-0.4, -0.2) is 32.8 Å². The molecule has 3 rings (SSSR count). The van der Waals surface area contributed by atoms with E-state index >= 15 is 0 Å². The van der Waals surface area contributed by atoms with Crippen LogP contribution in [0.5, 0.6) is 5.75 Å². The number of rotatable bonds is 4. The number of anilines is 1. The van der Waals surface area contributed by atoms with E-state index in [0.29, 0.717) is 27.8 Å². The molecule has 1 N–H and O–H groups in total. The largest absolute Gasteiger partial charge is 0.497 e. The van der Waals surface area contributed by atoms with E-state index in [0.717, 1.165) is 0 Å². The minimum Gasteiger partial charge on any atom is -0.497 e. The lowest BCUT2D eigenvalue weighted by Crippen LogP contribution is -2.13. The first-order valence-electron chi connectivity index (χ1n) is 6.63. The third-order valence-corrected chi connectivity index (χ3v) is 3.40. The molecule has 0 radical (unpaired) electrons. The fraction of sp³-hybridized carbons (Fsp3) is 0.0667. The van der Waals surface area contributed by atoms with Crippen LogP contribution in [0.1, 0.15) is 10.4 Å². The molecule has 0 aliphatic heterocycles. The molecule has 116 valence electrons. The van der Waals surface area contributed by atoms with Crippen molar-refractivity contribution in [1.29, 1.82) is 0 Å². The van der Waals surface area contributed by atoms with Crippen molar-refractivity contribution in [2.24, 2.45) is 0 Å². The van der Waals surface area contributed by atoms with Gasteiger partial charge < -0.3 is 10.1 Å². The smallest absolute Gasteiger partial charge is 0.255 e. The van der Waals surface area contributed by atoms with Crippen molar-refractivity contribution in [2.75, 3.05) is 12.4 Å². The Morgan fingerprint density at radius 3 is 2.87 bits per heavy atom. The monoisotopic (exact) mass is 329 g/mol. The number of halogens is 1. The summed E-state index contributed by atoms with van der Waals surface area (Å²) in [5.74, 6) is 0.808. The van der Waals surface area contributed by atoms with Crippen LogP contribution in [0.2, 0.25) is 5.02 Å². The molecule has 0 fully saturated rings. The highest BCUT2D eigenvalue weighted by atomic mass is 35.5. The first-order chi connectivity index (χ1) is 11.2. The van der Waals surface area contributed by atoms with Gasteiger partial charge in [0.05, 0.1) is 17.8 Å². The summed E-state index contributed by atoms with van der Waals surface area (Å²) in [5, 5.41) is 7.12. The Morgan fingerprint density at radius 2 is 2.17 bits per heavy atom. The topological polar surface area (TPSA) is 81.9 Å². The third-order valence-electron chi connectivity index (χ3n) is 3.09. The van der Waals surface area contributed by atoms with Crippen molar-refractivity contribution < 1.29 is 9.53 Å². The second-order valence-corrected chi connectivity index (χ2v) is 4.95. The quantitative estimate of drug-likeness (QED) is 0.795. The van der Waals surface area contributed by atoms with E-state index in [4.69, 9.17) is 16.3 Å². The Labute approximate surface area is 136 Å². The van der Waals surface area contributed by atoms with Gasteiger partial charge in [0.1, 0.15) is 18.4 Å². The second kappa shape index (κ2) is 6.45. The zero-order valence-corrected chi connectivity index (χ0v) is 12.9. The number of aromatic nitrogens is 4. The molecule has 0 aliphatic carbocycles. The Morgan fingerprint density at radius 1 is 1.30 bits per heavy atom. The van der Waals surface area contributed by atoms with Crippen LogP contribution in [0.25, 0.3) is 5.82 Å². The third kappa shape index (κ3) is 3.29. The number of carbonyl (C=O) groups excluding carboxylic acids is 1. The number of hydrogen-bond acceptors (Lipinski definition) is 5. The maximum absolute atomic E-state index is 12.4. The molecule has 0 aliphatic rings. The summed E-state index contributed by atoms with van der Waals surface area (Å²) in [7, 11) is 1.55. The molecular formula is C15H12ClN5O2. The van der Waals surface area contributed by atoms with Gasteiger partial charge in [-0.25, -0.2) is 14.6 Å². The molecule has 3 aromatic rings. The van der Waals surface area contributed by atoms with Gasteiger partial charge in [-0.2, -0.15) is 5.10 Å². The molecule has 7 nitrogen and oxygen atoms in total. The molecule has 1 amide bonds. The molecular weight excluding hydrogens is 318 g/mol. The van der Waals surface area contributed by atoms with Crippen molar-refractivity contribution in [3.63, 3.8) is 0 Å². The molecule has 0 spiro atoms. The molecule has 0 unspecified atom stereocenters. The predicted molar refractivity (Wildman–Crippen MR) is 85.1 cm³/mol. The Balaban J connectivity index is 1.82. The van der Waals surface area contributed by atoms with Crippen LogP contribution in [0.4, 0.5) is 5.69 Å². The molecule has 23 heavy (non-hydrogen) atoms. The lowest BCUT2D eigenvalue weighted by atomic mass is 10.2. The zero-order valence-electron chi connectivity index (χ0n) is 12.1. The number of nitrogens with one attached hydrogen (secondary N) is 1. The summed E-state index contributed by atoms with van der Waals surface area (Å²) in [6, 6.07) is 8.24. The number of nitrogens with zero attached hydrogens (tertiary/aromatic N) is 4. The van der Waals surface area contributed by atoms with Crippen LogP contribution in [0.15, 0.2) is 49.2 Å². The van der Waals surface area contributed by atoms with Crippen molar-refractivity contribution in [3.05, 3.63) is 59.8 Å². The molecule has 1 aromatic carbocycles. The van der Waals surface area contributed by atoms with Crippen molar-refractivity contribution in [2.45, 2.75) is 0 Å². The molecule has 0 saturated heterocycles. The lowest BCUT2D eigenvalue weighted by molar-refractivity contribution is 0.102. The van der Waals surface area contributed by atoms with Gasteiger partial charge in [-0.1, -0.05) is 11.6 Å². The fourth-order valence-electron chi connectivity index (χ4n) is 1.93. The van der Waals surface area contributed by atoms with Gasteiger partial charge in [0.15, 0.2) is 5.82 Å². The number of methoxy groups -OCH3 is 1. The predicted octanol–water partition coefficient (Wildman–Crippen LogP) is 2.58. The van der Waals surface area contributed by atoms with E-state index in [9.17, 15) is 4.79 Å². The standard InChI is InChI=1S/C15H12ClN5O2/c1-23-11-2-3-13(12(16)7-11)20-15(22)10-4-5-18-14(6-10)21-9-17-8-19-21/h2-9H,1H3,(H,20,22). The summed E-state index contributed by atoms with van der Waals surface area (Å²) in [4.78, 5) is 20.4. The van der Waals surface area contributed by atoms with Gasteiger partial charge in [-0.3, -0.25) is 4.79 Å². The molecule has 2 aromatic heterocycles. The van der Waals surface area contributed by atoms with Crippen LogP contribution >= 0.6 is 11.6 Å². The Hall–Kier alpha value is -2.93. The number of hydrogen-bond donors (Lipinski definition) is 1. The molecule has 8 heteroatoms. The van der Waals surface area contributed by atoms with Gasteiger partial charge >= 0.3 is 0 Å². The van der Waals surface area contributed by atoms with Gasteiger partial charge in [0.2, 0.25) is 0 Å². The highest BCUT2D eigenvalue weighted by molar-refractivity contribution is 6.34. The normalized spacial score (nSPS) is 10.3. The molecule has 0 bridgehead atoms. The van der Waals surface area contributed by atoms with Crippen molar-refractivity contribution in [1.82, 2.24) is 19.7 Å². The highest BCUT2D eigenvalue weighted by Crippen LogP contribution is 2.27. The van der Waals surface area contributed by atoms with E-state index in [-0.39, 0.29) is 5.91 Å². The van der Waals surface area contributed by atoms with Gasteiger partial charge in [-0.05, 0) is 24.3 Å². The fourth-order valence-corrected chi connectivity index (χ4v) is 2.15. The maximum atomic E-state index is 12.4. The average molecular weight is 330 g/mol. The lowest BCUT2D eigenvalue weighted by Gasteiger charge is -2.09. The summed E-state index contributed by atoms with van der Waals surface area (Å²) < 4.78 is 6.55. The average Bonchev–Trinajstić information content (AvgIpc) is 3.11. The van der Waals surface area contributed by atoms with Crippen LogP contribution in [0, 0.1) is 0 Å². The summed E-state index contributed by atoms with van der Waals surface area (Å²) in [5.41, 5.74) is 0.925. The van der Waals surface area contributed by atoms with Gasteiger partial charge in [0, 0.05) is 17.8 Å². The van der Waals surface area contributed by atoms with E-state index in [1.807, 2.05) is 0 Å². The van der Waals surface area contributed by atoms with E-state index < -0.39 is 0 Å². The minimum atomic E-state index is -0.305. The van der Waals surface area contributed by atoms with E-state index in [1.54, 1.807) is 37.4 Å². The maximum Gasteiger partial charge on any atom is 0.255 e. The number of ether oxygens (including phenoxy) is 1. The van der Waals surface area contributed by atoms with Crippen LogP contribution < -0.4 is 10.1 Å². The van der Waals surface area contributed by atoms with Crippen LogP contribution in [0.3, 0.4) is 0 Å². The van der Waals surface area contributed by atoms with E-state index in [1.165, 1.54) is 23.5 Å². The van der Waals surface area contributed by atoms with Crippen molar-refractivity contribution >= 4 is 23.2 Å². The second-order valence-electron chi connectivity index (χ2n) is 4.54. The number of amides is 1. The summed E-state index contributed by atoms with van der Waals surface area (Å²) in [6.45, 7) is 0. The first kappa shape index (κ1) is 15.0. The minimum absolute atomic E-state index is 0.305.